The summed E-state index contributed by atoms with van der Waals surface area (Å²) >= 11 is 6.02. The molecule has 186 valence electrons. The molecule has 4 atom stereocenters. The number of aromatic nitrogens is 2. The Kier molecular flexibility index (Phi) is 7.89. The van der Waals surface area contributed by atoms with Gasteiger partial charge in [-0.2, -0.15) is 4.98 Å². The van der Waals surface area contributed by atoms with E-state index in [1.807, 2.05) is 36.4 Å². The van der Waals surface area contributed by atoms with Crippen molar-refractivity contribution in [1.82, 2.24) is 14.9 Å². The lowest BCUT2D eigenvalue weighted by atomic mass is 10.1. The van der Waals surface area contributed by atoms with Gasteiger partial charge in [-0.1, -0.05) is 29.8 Å². The first-order valence-corrected chi connectivity index (χ1v) is 11.3. The van der Waals surface area contributed by atoms with Gasteiger partial charge in [0.15, 0.2) is 17.7 Å². The molecular formula is C24H27ClN4O6. The van der Waals surface area contributed by atoms with Crippen LogP contribution in [0, 0.1) is 0 Å². The Morgan fingerprint density at radius 1 is 1.14 bits per heavy atom. The van der Waals surface area contributed by atoms with Gasteiger partial charge in [0.05, 0.1) is 7.11 Å². The molecule has 0 bridgehead atoms. The predicted molar refractivity (Wildman–Crippen MR) is 129 cm³/mol. The van der Waals surface area contributed by atoms with Crippen molar-refractivity contribution in [2.75, 3.05) is 19.4 Å². The number of hydrogen-bond acceptors (Lipinski definition) is 9. The molecule has 10 nitrogen and oxygen atoms in total. The van der Waals surface area contributed by atoms with Crippen LogP contribution in [0.1, 0.15) is 17.4 Å². The number of benzene rings is 2. The zero-order valence-electron chi connectivity index (χ0n) is 19.0. The quantitative estimate of drug-likeness (QED) is 0.342. The van der Waals surface area contributed by atoms with Gasteiger partial charge in [0.25, 0.3) is 0 Å². The van der Waals surface area contributed by atoms with E-state index in [4.69, 9.17) is 31.5 Å². The molecule has 0 saturated carbocycles. The number of rotatable bonds is 9. The molecule has 0 unspecified atom stereocenters. The number of hydrogen-bond donors (Lipinski definition) is 4. The summed E-state index contributed by atoms with van der Waals surface area (Å²) in [4.78, 5) is 15.7. The topological polar surface area (TPSA) is 141 Å². The fraction of sp³-hybridized carbons (Fsp3) is 0.333. The van der Waals surface area contributed by atoms with E-state index in [9.17, 15) is 15.0 Å². The number of nitrogens with two attached hydrogens (primary N) is 1. The van der Waals surface area contributed by atoms with Crippen molar-refractivity contribution in [3.05, 3.63) is 81.4 Å². The van der Waals surface area contributed by atoms with Crippen LogP contribution in [0.25, 0.3) is 0 Å². The number of ether oxygens (including phenoxy) is 3. The highest BCUT2D eigenvalue weighted by atomic mass is 35.5. The monoisotopic (exact) mass is 502 g/mol. The first-order valence-electron chi connectivity index (χ1n) is 11.0. The SMILES string of the molecule is COc1cc(CNC[C@H]2O[C@@H](n3ccc(N)nc3=O)[C@H](O)[C@@H]2O)ccc1OCc1cccc(Cl)c1. The van der Waals surface area contributed by atoms with Gasteiger partial charge in [-0.15, -0.1) is 0 Å². The molecule has 1 fully saturated rings. The van der Waals surface area contributed by atoms with Crippen molar-refractivity contribution < 1.29 is 24.4 Å². The molecule has 0 radical (unpaired) electrons. The lowest BCUT2D eigenvalue weighted by molar-refractivity contribution is -0.0390. The second-order valence-electron chi connectivity index (χ2n) is 8.12. The Morgan fingerprint density at radius 2 is 1.97 bits per heavy atom. The highest BCUT2D eigenvalue weighted by Crippen LogP contribution is 2.30. The maximum Gasteiger partial charge on any atom is 0.351 e. The lowest BCUT2D eigenvalue weighted by Crippen LogP contribution is -2.38. The number of nitrogens with one attached hydrogen (secondary N) is 1. The Labute approximate surface area is 206 Å². The molecule has 0 amide bonds. The zero-order valence-corrected chi connectivity index (χ0v) is 19.8. The molecule has 1 aromatic heterocycles. The summed E-state index contributed by atoms with van der Waals surface area (Å²) < 4.78 is 18.2. The first-order chi connectivity index (χ1) is 16.9. The van der Waals surface area contributed by atoms with Crippen molar-refractivity contribution in [3.8, 4) is 11.5 Å². The fourth-order valence-electron chi connectivity index (χ4n) is 3.84. The summed E-state index contributed by atoms with van der Waals surface area (Å²) in [5, 5.41) is 24.6. The van der Waals surface area contributed by atoms with Crippen LogP contribution >= 0.6 is 11.6 Å². The Morgan fingerprint density at radius 3 is 2.71 bits per heavy atom. The summed E-state index contributed by atoms with van der Waals surface area (Å²) in [5.41, 5.74) is 6.70. The minimum Gasteiger partial charge on any atom is -0.493 e. The average molecular weight is 503 g/mol. The van der Waals surface area contributed by atoms with E-state index in [1.165, 1.54) is 12.3 Å². The van der Waals surface area contributed by atoms with E-state index in [1.54, 1.807) is 13.2 Å². The van der Waals surface area contributed by atoms with Gasteiger partial charge in [0.2, 0.25) is 0 Å². The van der Waals surface area contributed by atoms with E-state index < -0.39 is 30.2 Å². The fourth-order valence-corrected chi connectivity index (χ4v) is 4.05. The standard InChI is InChI=1S/C24H27ClN4O6/c1-33-18-10-14(5-6-17(18)34-13-15-3-2-4-16(25)9-15)11-27-12-19-21(30)22(31)23(35-19)29-8-7-20(26)28-24(29)32/h2-10,19,21-23,27,30-31H,11-13H2,1H3,(H2,26,28,32)/t19-,21-,22-,23-/m1/s1. The summed E-state index contributed by atoms with van der Waals surface area (Å²) in [6, 6.07) is 14.4. The second-order valence-corrected chi connectivity index (χ2v) is 8.56. The van der Waals surface area contributed by atoms with Crippen LogP contribution < -0.4 is 26.2 Å². The molecule has 11 heteroatoms. The third kappa shape index (κ3) is 5.92. The maximum atomic E-state index is 12.1. The van der Waals surface area contributed by atoms with Crippen molar-refractivity contribution in [2.24, 2.45) is 0 Å². The van der Waals surface area contributed by atoms with Gasteiger partial charge in [-0.05, 0) is 41.5 Å². The summed E-state index contributed by atoms with van der Waals surface area (Å²) in [5.74, 6) is 1.24. The van der Waals surface area contributed by atoms with Gasteiger partial charge in [0, 0.05) is 24.3 Å². The Balaban J connectivity index is 1.33. The molecule has 3 aromatic rings. The molecule has 0 spiro atoms. The second kappa shape index (κ2) is 11.1. The van der Waals surface area contributed by atoms with E-state index >= 15 is 0 Å². The first kappa shape index (κ1) is 25.0. The molecule has 0 aliphatic carbocycles. The van der Waals surface area contributed by atoms with Crippen LogP contribution in [-0.2, 0) is 17.9 Å². The van der Waals surface area contributed by atoms with Gasteiger partial charge >= 0.3 is 5.69 Å². The molecule has 4 rings (SSSR count). The minimum atomic E-state index is -1.29. The largest absolute Gasteiger partial charge is 0.493 e. The van der Waals surface area contributed by atoms with Gasteiger partial charge < -0.3 is 35.5 Å². The highest BCUT2D eigenvalue weighted by molar-refractivity contribution is 6.30. The number of aliphatic hydroxyl groups excluding tert-OH is 2. The summed E-state index contributed by atoms with van der Waals surface area (Å²) in [6.07, 6.45) is -2.90. The molecule has 5 N–H and O–H groups in total. The number of nitrogen functional groups attached to an aromatic ring is 1. The predicted octanol–water partition coefficient (Wildman–Crippen LogP) is 1.48. The molecule has 1 aliphatic heterocycles. The van der Waals surface area contributed by atoms with Crippen LogP contribution in [0.4, 0.5) is 5.82 Å². The van der Waals surface area contributed by atoms with Crippen molar-refractivity contribution >= 4 is 17.4 Å². The zero-order chi connectivity index (χ0) is 24.9. The Hall–Kier alpha value is -3.15. The van der Waals surface area contributed by atoms with E-state index in [-0.39, 0.29) is 12.4 Å². The van der Waals surface area contributed by atoms with Crippen molar-refractivity contribution in [1.29, 1.82) is 0 Å². The number of halogens is 1. The van der Waals surface area contributed by atoms with Gasteiger partial charge in [-0.3, -0.25) is 4.57 Å². The van der Waals surface area contributed by atoms with Crippen LogP contribution in [0.2, 0.25) is 5.02 Å². The normalized spacial score (nSPS) is 21.7. The van der Waals surface area contributed by atoms with Crippen molar-refractivity contribution in [3.63, 3.8) is 0 Å². The average Bonchev–Trinajstić information content (AvgIpc) is 3.11. The lowest BCUT2D eigenvalue weighted by Gasteiger charge is -2.17. The summed E-state index contributed by atoms with van der Waals surface area (Å²) in [6.45, 7) is 1.03. The van der Waals surface area contributed by atoms with E-state index in [0.717, 1.165) is 15.7 Å². The minimum absolute atomic E-state index is 0.0637. The maximum absolute atomic E-state index is 12.1. The van der Waals surface area contributed by atoms with Crippen molar-refractivity contribution in [2.45, 2.75) is 37.7 Å². The third-order valence-corrected chi connectivity index (χ3v) is 5.88. The molecule has 1 saturated heterocycles. The van der Waals surface area contributed by atoms with Gasteiger partial charge in [0.1, 0.15) is 30.7 Å². The number of anilines is 1. The third-order valence-electron chi connectivity index (χ3n) is 5.65. The number of nitrogens with zero attached hydrogens (tertiary/aromatic N) is 2. The van der Waals surface area contributed by atoms with E-state index in [2.05, 4.69) is 10.3 Å². The molecule has 2 aromatic carbocycles. The Bertz CT molecular complexity index is 1220. The van der Waals surface area contributed by atoms with Crippen LogP contribution in [0.5, 0.6) is 11.5 Å². The highest BCUT2D eigenvalue weighted by Gasteiger charge is 2.43. The summed E-state index contributed by atoms with van der Waals surface area (Å²) in [7, 11) is 1.57. The molecule has 1 aliphatic rings. The molecular weight excluding hydrogens is 476 g/mol. The molecule has 35 heavy (non-hydrogen) atoms. The number of aliphatic hydroxyl groups is 2. The van der Waals surface area contributed by atoms with E-state index in [0.29, 0.717) is 29.7 Å². The number of methoxy groups -OCH3 is 1. The van der Waals surface area contributed by atoms with Crippen LogP contribution in [0.3, 0.4) is 0 Å². The molecule has 2 heterocycles. The van der Waals surface area contributed by atoms with Crippen LogP contribution in [0.15, 0.2) is 59.5 Å². The smallest absolute Gasteiger partial charge is 0.351 e. The van der Waals surface area contributed by atoms with Crippen LogP contribution in [-0.4, -0.2) is 51.7 Å². The van der Waals surface area contributed by atoms with Gasteiger partial charge in [-0.25, -0.2) is 4.79 Å².